The van der Waals surface area contributed by atoms with Gasteiger partial charge in [-0.15, -0.1) is 0 Å². The predicted octanol–water partition coefficient (Wildman–Crippen LogP) is 1.40. The van der Waals surface area contributed by atoms with E-state index in [0.717, 1.165) is 6.42 Å². The number of piperidine rings is 1. The maximum atomic E-state index is 11.6. The number of aromatic nitrogens is 1. The van der Waals surface area contributed by atoms with Gasteiger partial charge in [0.15, 0.2) is 0 Å². The second-order valence-corrected chi connectivity index (χ2v) is 7.64. The van der Waals surface area contributed by atoms with Gasteiger partial charge in [0.05, 0.1) is 6.26 Å². The Hall–Kier alpha value is -0.980. The molecule has 1 saturated heterocycles. The SMILES string of the molecule is C[C@H](N[C@H]1CCN(S(C)(=O)=O)C[C@H]1C)c1ccncc1. The zero-order valence-electron chi connectivity index (χ0n) is 12.3. The fraction of sp³-hybridized carbons (Fsp3) is 0.643. The highest BCUT2D eigenvalue weighted by molar-refractivity contribution is 7.88. The molecule has 2 heterocycles. The maximum absolute atomic E-state index is 11.6. The van der Waals surface area contributed by atoms with Gasteiger partial charge in [-0.1, -0.05) is 6.92 Å². The van der Waals surface area contributed by atoms with Crippen LogP contribution in [0.3, 0.4) is 0 Å². The Morgan fingerprint density at radius 2 is 2.05 bits per heavy atom. The van der Waals surface area contributed by atoms with E-state index >= 15 is 0 Å². The molecule has 20 heavy (non-hydrogen) atoms. The van der Waals surface area contributed by atoms with Crippen LogP contribution in [0, 0.1) is 5.92 Å². The quantitative estimate of drug-likeness (QED) is 0.912. The summed E-state index contributed by atoms with van der Waals surface area (Å²) in [7, 11) is -3.07. The molecule has 1 aromatic heterocycles. The zero-order valence-corrected chi connectivity index (χ0v) is 13.1. The number of hydrogen-bond acceptors (Lipinski definition) is 4. The molecule has 1 N–H and O–H groups in total. The van der Waals surface area contributed by atoms with E-state index in [-0.39, 0.29) is 6.04 Å². The summed E-state index contributed by atoms with van der Waals surface area (Å²) in [6.07, 6.45) is 5.73. The van der Waals surface area contributed by atoms with Crippen molar-refractivity contribution in [3.8, 4) is 0 Å². The van der Waals surface area contributed by atoms with Crippen LogP contribution >= 0.6 is 0 Å². The molecule has 1 aliphatic rings. The minimum absolute atomic E-state index is 0.246. The highest BCUT2D eigenvalue weighted by Crippen LogP contribution is 2.22. The molecule has 0 amide bonds. The smallest absolute Gasteiger partial charge is 0.211 e. The molecule has 1 aliphatic heterocycles. The van der Waals surface area contributed by atoms with Gasteiger partial charge in [0.2, 0.25) is 10.0 Å². The number of sulfonamides is 1. The first-order valence-corrected chi connectivity index (χ1v) is 8.84. The van der Waals surface area contributed by atoms with Gasteiger partial charge in [-0.05, 0) is 37.0 Å². The summed E-state index contributed by atoms with van der Waals surface area (Å²) in [5.41, 5.74) is 1.21. The normalized spacial score (nSPS) is 26.4. The van der Waals surface area contributed by atoms with Crippen LogP contribution in [0.15, 0.2) is 24.5 Å². The van der Waals surface area contributed by atoms with Crippen molar-refractivity contribution in [2.24, 2.45) is 5.92 Å². The molecular weight excluding hydrogens is 274 g/mol. The Balaban J connectivity index is 1.95. The molecule has 0 bridgehead atoms. The average molecular weight is 297 g/mol. The Kier molecular flexibility index (Phi) is 4.78. The van der Waals surface area contributed by atoms with E-state index in [1.165, 1.54) is 11.8 Å². The molecule has 3 atom stereocenters. The van der Waals surface area contributed by atoms with Crippen molar-refractivity contribution in [1.82, 2.24) is 14.6 Å². The van der Waals surface area contributed by atoms with E-state index in [0.29, 0.717) is 25.0 Å². The lowest BCUT2D eigenvalue weighted by atomic mass is 9.94. The first-order chi connectivity index (χ1) is 9.38. The minimum Gasteiger partial charge on any atom is -0.307 e. The number of rotatable bonds is 4. The third kappa shape index (κ3) is 3.77. The van der Waals surface area contributed by atoms with Crippen LogP contribution in [-0.2, 0) is 10.0 Å². The number of nitrogens with zero attached hydrogens (tertiary/aromatic N) is 2. The largest absolute Gasteiger partial charge is 0.307 e. The highest BCUT2D eigenvalue weighted by atomic mass is 32.2. The molecule has 2 rings (SSSR count). The first-order valence-electron chi connectivity index (χ1n) is 6.99. The lowest BCUT2D eigenvalue weighted by Crippen LogP contribution is -2.50. The van der Waals surface area contributed by atoms with E-state index in [1.54, 1.807) is 16.7 Å². The van der Waals surface area contributed by atoms with E-state index in [9.17, 15) is 8.42 Å². The molecule has 0 spiro atoms. The monoisotopic (exact) mass is 297 g/mol. The average Bonchev–Trinajstić information content (AvgIpc) is 2.41. The molecule has 0 aliphatic carbocycles. The molecule has 5 nitrogen and oxygen atoms in total. The Labute approximate surface area is 121 Å². The molecule has 6 heteroatoms. The summed E-state index contributed by atoms with van der Waals surface area (Å²) in [5.74, 6) is 0.308. The van der Waals surface area contributed by atoms with Crippen LogP contribution in [0.5, 0.6) is 0 Å². The topological polar surface area (TPSA) is 62.3 Å². The van der Waals surface area contributed by atoms with Gasteiger partial charge in [-0.25, -0.2) is 12.7 Å². The lowest BCUT2D eigenvalue weighted by Gasteiger charge is -2.37. The molecular formula is C14H23N3O2S. The van der Waals surface area contributed by atoms with Crippen molar-refractivity contribution in [2.75, 3.05) is 19.3 Å². The van der Waals surface area contributed by atoms with Gasteiger partial charge in [0.1, 0.15) is 0 Å². The van der Waals surface area contributed by atoms with Gasteiger partial charge in [0, 0.05) is 37.6 Å². The van der Waals surface area contributed by atoms with Crippen molar-refractivity contribution in [3.63, 3.8) is 0 Å². The van der Waals surface area contributed by atoms with E-state index < -0.39 is 10.0 Å². The summed E-state index contributed by atoms with van der Waals surface area (Å²) in [5, 5.41) is 3.61. The van der Waals surface area contributed by atoms with Crippen molar-refractivity contribution >= 4 is 10.0 Å². The molecule has 1 fully saturated rings. The minimum atomic E-state index is -3.07. The van der Waals surface area contributed by atoms with Crippen LogP contribution in [0.1, 0.15) is 31.9 Å². The van der Waals surface area contributed by atoms with Gasteiger partial charge >= 0.3 is 0 Å². The Morgan fingerprint density at radius 1 is 1.40 bits per heavy atom. The van der Waals surface area contributed by atoms with E-state index in [4.69, 9.17) is 0 Å². The maximum Gasteiger partial charge on any atom is 0.211 e. The fourth-order valence-corrected chi connectivity index (χ4v) is 3.67. The van der Waals surface area contributed by atoms with Crippen LogP contribution in [-0.4, -0.2) is 43.1 Å². The van der Waals surface area contributed by atoms with Crippen molar-refractivity contribution in [1.29, 1.82) is 0 Å². The van der Waals surface area contributed by atoms with Crippen molar-refractivity contribution < 1.29 is 8.42 Å². The summed E-state index contributed by atoms with van der Waals surface area (Å²) in [6.45, 7) is 5.43. The summed E-state index contributed by atoms with van der Waals surface area (Å²) in [6, 6.07) is 4.61. The highest BCUT2D eigenvalue weighted by Gasteiger charge is 2.30. The number of nitrogens with one attached hydrogen (secondary N) is 1. The van der Waals surface area contributed by atoms with Crippen molar-refractivity contribution in [2.45, 2.75) is 32.4 Å². The third-order valence-corrected chi connectivity index (χ3v) is 5.28. The van der Waals surface area contributed by atoms with Crippen LogP contribution < -0.4 is 5.32 Å². The first kappa shape index (κ1) is 15.4. The lowest BCUT2D eigenvalue weighted by molar-refractivity contribution is 0.210. The van der Waals surface area contributed by atoms with E-state index in [1.807, 2.05) is 12.1 Å². The van der Waals surface area contributed by atoms with Crippen LogP contribution in [0.25, 0.3) is 0 Å². The van der Waals surface area contributed by atoms with Gasteiger partial charge in [0.25, 0.3) is 0 Å². The van der Waals surface area contributed by atoms with E-state index in [2.05, 4.69) is 24.1 Å². The summed E-state index contributed by atoms with van der Waals surface area (Å²) < 4.78 is 24.7. The van der Waals surface area contributed by atoms with Gasteiger partial charge in [-0.2, -0.15) is 0 Å². The van der Waals surface area contributed by atoms with Gasteiger partial charge < -0.3 is 5.32 Å². The van der Waals surface area contributed by atoms with Crippen LogP contribution in [0.4, 0.5) is 0 Å². The Bertz CT molecular complexity index is 533. The number of hydrogen-bond donors (Lipinski definition) is 1. The predicted molar refractivity (Wildman–Crippen MR) is 79.8 cm³/mol. The zero-order chi connectivity index (χ0) is 14.8. The summed E-state index contributed by atoms with van der Waals surface area (Å²) in [4.78, 5) is 4.03. The molecule has 0 unspecified atom stereocenters. The summed E-state index contributed by atoms with van der Waals surface area (Å²) >= 11 is 0. The second-order valence-electron chi connectivity index (χ2n) is 5.66. The van der Waals surface area contributed by atoms with Crippen molar-refractivity contribution in [3.05, 3.63) is 30.1 Å². The second kappa shape index (κ2) is 6.20. The number of pyridine rings is 1. The molecule has 112 valence electrons. The fourth-order valence-electron chi connectivity index (χ4n) is 2.73. The Morgan fingerprint density at radius 3 is 2.60 bits per heavy atom. The molecule has 0 saturated carbocycles. The van der Waals surface area contributed by atoms with Crippen LogP contribution in [0.2, 0.25) is 0 Å². The molecule has 0 aromatic carbocycles. The van der Waals surface area contributed by atoms with Gasteiger partial charge in [-0.3, -0.25) is 4.98 Å². The molecule has 0 radical (unpaired) electrons. The standard InChI is InChI=1S/C14H23N3O2S/c1-11-10-17(20(3,18)19)9-6-14(11)16-12(2)13-4-7-15-8-5-13/h4-5,7-8,11-12,14,16H,6,9-10H2,1-3H3/t11-,12+,14+/m1/s1. The molecule has 1 aromatic rings. The third-order valence-electron chi connectivity index (χ3n) is 4.01.